The van der Waals surface area contributed by atoms with E-state index in [2.05, 4.69) is 19.2 Å². The Morgan fingerprint density at radius 1 is 1.28 bits per heavy atom. The number of sulfonamides is 1. The van der Waals surface area contributed by atoms with Gasteiger partial charge in [0, 0.05) is 20.1 Å². The van der Waals surface area contributed by atoms with Crippen LogP contribution >= 0.6 is 0 Å². The number of rotatable bonds is 11. The molecule has 7 heteroatoms. The first-order chi connectivity index (χ1) is 11.8. The molecule has 0 aromatic heterocycles. The minimum atomic E-state index is -3.16. The fraction of sp³-hybridized carbons (Fsp3) is 0.611. The minimum absolute atomic E-state index is 0.0451. The van der Waals surface area contributed by atoms with Crippen molar-refractivity contribution in [3.05, 3.63) is 29.8 Å². The fourth-order valence-corrected chi connectivity index (χ4v) is 3.17. The third kappa shape index (κ3) is 7.04. The van der Waals surface area contributed by atoms with E-state index in [4.69, 9.17) is 4.74 Å². The van der Waals surface area contributed by atoms with Gasteiger partial charge in [0.2, 0.25) is 10.0 Å². The number of carbonyl (C=O) groups excluding carboxylic acids is 1. The normalized spacial score (nSPS) is 12.8. The molecular weight excluding hydrogens is 340 g/mol. The first kappa shape index (κ1) is 21.4. The van der Waals surface area contributed by atoms with Crippen LogP contribution in [0.5, 0.6) is 5.75 Å². The molecule has 1 rings (SSSR count). The molecule has 0 aliphatic heterocycles. The lowest BCUT2D eigenvalue weighted by Crippen LogP contribution is -2.34. The number of nitrogens with zero attached hydrogens (tertiary/aromatic N) is 1. The number of benzene rings is 1. The molecule has 0 aliphatic carbocycles. The molecule has 0 bridgehead atoms. The van der Waals surface area contributed by atoms with Crippen LogP contribution in [-0.4, -0.2) is 51.1 Å². The summed E-state index contributed by atoms with van der Waals surface area (Å²) in [5.41, 5.74) is 1.10. The topological polar surface area (TPSA) is 75.7 Å². The highest BCUT2D eigenvalue weighted by Crippen LogP contribution is 2.28. The van der Waals surface area contributed by atoms with E-state index in [0.29, 0.717) is 25.4 Å². The van der Waals surface area contributed by atoms with Gasteiger partial charge in [-0.1, -0.05) is 32.0 Å². The van der Waals surface area contributed by atoms with Gasteiger partial charge in [0.25, 0.3) is 5.91 Å². The Balaban J connectivity index is 2.37. The molecule has 0 radical (unpaired) electrons. The van der Waals surface area contributed by atoms with Gasteiger partial charge < -0.3 is 10.1 Å². The predicted molar refractivity (Wildman–Crippen MR) is 100 cm³/mol. The molecule has 1 N–H and O–H groups in total. The van der Waals surface area contributed by atoms with Crippen molar-refractivity contribution in [2.45, 2.75) is 39.5 Å². The molecule has 0 heterocycles. The van der Waals surface area contributed by atoms with Gasteiger partial charge in [0.1, 0.15) is 5.75 Å². The monoisotopic (exact) mass is 370 g/mol. The summed E-state index contributed by atoms with van der Waals surface area (Å²) in [4.78, 5) is 11.9. The quantitative estimate of drug-likeness (QED) is 0.607. The summed E-state index contributed by atoms with van der Waals surface area (Å²) in [5, 5.41) is 2.75. The van der Waals surface area contributed by atoms with E-state index in [1.807, 2.05) is 24.3 Å². The maximum Gasteiger partial charge on any atom is 0.257 e. The van der Waals surface area contributed by atoms with E-state index in [-0.39, 0.29) is 18.3 Å². The first-order valence-electron chi connectivity index (χ1n) is 8.74. The Hall–Kier alpha value is -1.60. The third-order valence-corrected chi connectivity index (χ3v) is 6.09. The lowest BCUT2D eigenvalue weighted by molar-refractivity contribution is -0.123. The van der Waals surface area contributed by atoms with E-state index in [9.17, 15) is 13.2 Å². The van der Waals surface area contributed by atoms with Gasteiger partial charge in [0.05, 0.1) is 5.75 Å². The molecule has 1 aromatic rings. The molecule has 0 saturated heterocycles. The van der Waals surface area contributed by atoms with Crippen LogP contribution in [-0.2, 0) is 14.8 Å². The smallest absolute Gasteiger partial charge is 0.257 e. The molecule has 1 unspecified atom stereocenters. The van der Waals surface area contributed by atoms with Gasteiger partial charge in [-0.2, -0.15) is 0 Å². The zero-order valence-corrected chi connectivity index (χ0v) is 16.4. The molecule has 0 fully saturated rings. The first-order valence-corrected chi connectivity index (χ1v) is 10.3. The van der Waals surface area contributed by atoms with Crippen LogP contribution < -0.4 is 10.1 Å². The fourth-order valence-electron chi connectivity index (χ4n) is 2.32. The van der Waals surface area contributed by atoms with Gasteiger partial charge in [-0.25, -0.2) is 12.7 Å². The maximum absolute atomic E-state index is 11.9. The molecule has 25 heavy (non-hydrogen) atoms. The number of carbonyl (C=O) groups is 1. The van der Waals surface area contributed by atoms with Crippen molar-refractivity contribution in [3.8, 4) is 5.75 Å². The predicted octanol–water partition coefficient (Wildman–Crippen LogP) is 2.37. The molecule has 0 aliphatic rings. The Morgan fingerprint density at radius 2 is 1.96 bits per heavy atom. The highest BCUT2D eigenvalue weighted by molar-refractivity contribution is 7.89. The lowest BCUT2D eigenvalue weighted by Gasteiger charge is -2.16. The molecular formula is C18H30N2O4S. The average Bonchev–Trinajstić information content (AvgIpc) is 2.62. The number of hydrogen-bond acceptors (Lipinski definition) is 4. The largest absolute Gasteiger partial charge is 0.483 e. The van der Waals surface area contributed by atoms with Crippen molar-refractivity contribution in [2.24, 2.45) is 0 Å². The van der Waals surface area contributed by atoms with Gasteiger partial charge in [-0.3, -0.25) is 4.79 Å². The molecule has 1 atom stereocenters. The number of ether oxygens (including phenoxy) is 1. The summed E-state index contributed by atoms with van der Waals surface area (Å²) in [5.74, 6) is 0.982. The Morgan fingerprint density at radius 3 is 2.60 bits per heavy atom. The Kier molecular flexibility index (Phi) is 8.92. The summed E-state index contributed by atoms with van der Waals surface area (Å²) < 4.78 is 30.2. The van der Waals surface area contributed by atoms with Crippen LogP contribution in [0.3, 0.4) is 0 Å². The molecule has 1 amide bonds. The Labute approximate surface area is 151 Å². The number of hydrogen-bond donors (Lipinski definition) is 1. The van der Waals surface area contributed by atoms with Gasteiger partial charge in [-0.05, 0) is 37.3 Å². The highest BCUT2D eigenvalue weighted by Gasteiger charge is 2.14. The lowest BCUT2D eigenvalue weighted by atomic mass is 9.98. The van der Waals surface area contributed by atoms with Crippen molar-refractivity contribution in [1.29, 1.82) is 0 Å². The molecule has 0 saturated carbocycles. The molecule has 142 valence electrons. The van der Waals surface area contributed by atoms with Gasteiger partial charge >= 0.3 is 0 Å². The molecule has 1 aromatic carbocycles. The average molecular weight is 371 g/mol. The van der Waals surface area contributed by atoms with E-state index in [0.717, 1.165) is 17.7 Å². The maximum atomic E-state index is 11.9. The summed E-state index contributed by atoms with van der Waals surface area (Å²) in [6, 6.07) is 7.75. The van der Waals surface area contributed by atoms with Crippen molar-refractivity contribution in [2.75, 3.05) is 32.5 Å². The summed E-state index contributed by atoms with van der Waals surface area (Å²) >= 11 is 0. The second-order valence-corrected chi connectivity index (χ2v) is 8.43. The van der Waals surface area contributed by atoms with E-state index < -0.39 is 10.0 Å². The number of para-hydroxylation sites is 1. The highest BCUT2D eigenvalue weighted by atomic mass is 32.2. The van der Waals surface area contributed by atoms with Crippen molar-refractivity contribution >= 4 is 15.9 Å². The molecule has 0 spiro atoms. The van der Waals surface area contributed by atoms with Crippen molar-refractivity contribution < 1.29 is 17.9 Å². The van der Waals surface area contributed by atoms with E-state index >= 15 is 0 Å². The van der Waals surface area contributed by atoms with Crippen LogP contribution in [0.2, 0.25) is 0 Å². The Bertz CT molecular complexity index is 646. The van der Waals surface area contributed by atoms with Gasteiger partial charge in [-0.15, -0.1) is 0 Å². The van der Waals surface area contributed by atoms with Crippen LogP contribution in [0.4, 0.5) is 0 Å². The number of nitrogens with one attached hydrogen (secondary N) is 1. The summed E-state index contributed by atoms with van der Waals surface area (Å²) in [7, 11) is -1.61. The second-order valence-electron chi connectivity index (χ2n) is 6.06. The van der Waals surface area contributed by atoms with E-state index in [1.54, 1.807) is 14.0 Å². The number of amides is 1. The van der Waals surface area contributed by atoms with Gasteiger partial charge in [0.15, 0.2) is 6.61 Å². The SMILES string of the molecule is CCC(C)c1ccccc1OCC(=O)NCCCN(C)S(=O)(=O)CC. The van der Waals surface area contributed by atoms with Crippen LogP contribution in [0, 0.1) is 0 Å². The second kappa shape index (κ2) is 10.4. The van der Waals surface area contributed by atoms with Crippen LogP contribution in [0.15, 0.2) is 24.3 Å². The molecule has 6 nitrogen and oxygen atoms in total. The summed E-state index contributed by atoms with van der Waals surface area (Å²) in [6.07, 6.45) is 1.56. The minimum Gasteiger partial charge on any atom is -0.483 e. The van der Waals surface area contributed by atoms with Crippen LogP contribution in [0.25, 0.3) is 0 Å². The third-order valence-electron chi connectivity index (χ3n) is 4.23. The zero-order chi connectivity index (χ0) is 18.9. The van der Waals surface area contributed by atoms with Crippen molar-refractivity contribution in [1.82, 2.24) is 9.62 Å². The van der Waals surface area contributed by atoms with Crippen molar-refractivity contribution in [3.63, 3.8) is 0 Å². The standard InChI is InChI=1S/C18H30N2O4S/c1-5-15(3)16-10-7-8-11-17(16)24-14-18(21)19-12-9-13-20(4)25(22,23)6-2/h7-8,10-11,15H,5-6,9,12-14H2,1-4H3,(H,19,21). The zero-order valence-electron chi connectivity index (χ0n) is 15.6. The summed E-state index contributed by atoms with van der Waals surface area (Å²) in [6.45, 7) is 6.61. The van der Waals surface area contributed by atoms with E-state index in [1.165, 1.54) is 4.31 Å². The van der Waals surface area contributed by atoms with Crippen LogP contribution in [0.1, 0.15) is 45.1 Å².